The number of anilines is 1. The number of fused-ring (bicyclic) bond motifs is 1. The summed E-state index contributed by atoms with van der Waals surface area (Å²) in [5.41, 5.74) is 2.35. The molecule has 0 spiro atoms. The first-order valence-electron chi connectivity index (χ1n) is 8.83. The minimum absolute atomic E-state index is 0.137. The van der Waals surface area contributed by atoms with E-state index in [0.29, 0.717) is 22.3 Å². The number of aryl methyl sites for hydroxylation is 1. The molecule has 0 fully saturated rings. The second-order valence-corrected chi connectivity index (χ2v) is 8.60. The maximum Gasteiger partial charge on any atom is 0.261 e. The van der Waals surface area contributed by atoms with Gasteiger partial charge in [-0.05, 0) is 67.1 Å². The van der Waals surface area contributed by atoms with E-state index in [2.05, 4.69) is 9.71 Å². The van der Waals surface area contributed by atoms with Gasteiger partial charge >= 0.3 is 0 Å². The zero-order valence-electron chi connectivity index (χ0n) is 15.5. The van der Waals surface area contributed by atoms with Crippen LogP contribution in [0.25, 0.3) is 10.9 Å². The smallest absolute Gasteiger partial charge is 0.261 e. The summed E-state index contributed by atoms with van der Waals surface area (Å²) in [6.07, 6.45) is 0. The lowest BCUT2D eigenvalue weighted by molar-refractivity contribution is 0.465. The van der Waals surface area contributed by atoms with Crippen LogP contribution in [-0.4, -0.2) is 13.4 Å². The molecule has 1 heterocycles. The number of nitrogens with one attached hydrogen (secondary N) is 1. The fraction of sp³-hybridized carbons (Fsp3) is 0.0455. The van der Waals surface area contributed by atoms with Gasteiger partial charge in [0, 0.05) is 22.2 Å². The standard InChI is InChI=1S/C22H17ClN2O3S/c1-15-14-22(24-21-5-3-2-4-20(15)21)28-18-10-8-17(9-11-18)25-29(26,27)19-12-6-16(23)7-13-19/h2-14,25H,1H3. The lowest BCUT2D eigenvalue weighted by Gasteiger charge is -2.10. The van der Waals surface area contributed by atoms with Gasteiger partial charge in [-0.3, -0.25) is 4.72 Å². The largest absolute Gasteiger partial charge is 0.439 e. The maximum atomic E-state index is 12.5. The predicted octanol–water partition coefficient (Wildman–Crippen LogP) is 5.79. The van der Waals surface area contributed by atoms with Crippen LogP contribution < -0.4 is 9.46 Å². The van der Waals surface area contributed by atoms with Gasteiger partial charge in [0.2, 0.25) is 5.88 Å². The molecule has 0 unspecified atom stereocenters. The Morgan fingerprint density at radius 1 is 0.931 bits per heavy atom. The summed E-state index contributed by atoms with van der Waals surface area (Å²) >= 11 is 5.81. The number of pyridine rings is 1. The maximum absolute atomic E-state index is 12.5. The van der Waals surface area contributed by atoms with E-state index in [-0.39, 0.29) is 4.90 Å². The number of para-hydroxylation sites is 1. The van der Waals surface area contributed by atoms with E-state index in [0.717, 1.165) is 16.5 Å². The van der Waals surface area contributed by atoms with Crippen molar-refractivity contribution in [3.63, 3.8) is 0 Å². The number of rotatable bonds is 5. The Labute approximate surface area is 174 Å². The average molecular weight is 425 g/mol. The number of ether oxygens (including phenoxy) is 1. The fourth-order valence-electron chi connectivity index (χ4n) is 2.91. The van der Waals surface area contributed by atoms with E-state index in [4.69, 9.17) is 16.3 Å². The van der Waals surface area contributed by atoms with Gasteiger partial charge in [-0.25, -0.2) is 13.4 Å². The highest BCUT2D eigenvalue weighted by atomic mass is 35.5. The molecular formula is C22H17ClN2O3S. The minimum atomic E-state index is -3.69. The third-order valence-electron chi connectivity index (χ3n) is 4.35. The second-order valence-electron chi connectivity index (χ2n) is 6.48. The normalized spacial score (nSPS) is 11.4. The summed E-state index contributed by atoms with van der Waals surface area (Å²) < 4.78 is 33.3. The van der Waals surface area contributed by atoms with Crippen molar-refractivity contribution in [2.24, 2.45) is 0 Å². The first kappa shape index (κ1) is 19.2. The van der Waals surface area contributed by atoms with Gasteiger partial charge in [-0.2, -0.15) is 0 Å². The van der Waals surface area contributed by atoms with E-state index >= 15 is 0 Å². The monoisotopic (exact) mass is 424 g/mol. The van der Waals surface area contributed by atoms with Crippen molar-refractivity contribution in [3.05, 3.63) is 89.4 Å². The molecule has 29 heavy (non-hydrogen) atoms. The molecule has 0 aliphatic heterocycles. The number of halogens is 1. The number of nitrogens with zero attached hydrogens (tertiary/aromatic N) is 1. The zero-order chi connectivity index (χ0) is 20.4. The third-order valence-corrected chi connectivity index (χ3v) is 6.00. The molecular weight excluding hydrogens is 408 g/mol. The Balaban J connectivity index is 1.52. The van der Waals surface area contributed by atoms with Crippen LogP contribution in [0.4, 0.5) is 5.69 Å². The van der Waals surface area contributed by atoms with Crippen molar-refractivity contribution in [2.45, 2.75) is 11.8 Å². The number of hydrogen-bond acceptors (Lipinski definition) is 4. The summed E-state index contributed by atoms with van der Waals surface area (Å²) in [6, 6.07) is 22.3. The van der Waals surface area contributed by atoms with Gasteiger partial charge in [0.25, 0.3) is 10.0 Å². The van der Waals surface area contributed by atoms with Crippen LogP contribution in [0.1, 0.15) is 5.56 Å². The van der Waals surface area contributed by atoms with Crippen LogP contribution in [0.15, 0.2) is 83.8 Å². The molecule has 0 radical (unpaired) electrons. The number of sulfonamides is 1. The van der Waals surface area contributed by atoms with E-state index in [1.807, 2.05) is 37.3 Å². The lowest BCUT2D eigenvalue weighted by Crippen LogP contribution is -2.12. The van der Waals surface area contributed by atoms with Gasteiger partial charge in [-0.1, -0.05) is 29.8 Å². The molecule has 0 aliphatic carbocycles. The van der Waals surface area contributed by atoms with Crippen LogP contribution in [-0.2, 0) is 10.0 Å². The van der Waals surface area contributed by atoms with Crippen LogP contribution in [0.2, 0.25) is 5.02 Å². The summed E-state index contributed by atoms with van der Waals surface area (Å²) in [5, 5.41) is 1.55. The molecule has 146 valence electrons. The van der Waals surface area contributed by atoms with Crippen molar-refractivity contribution >= 4 is 38.2 Å². The van der Waals surface area contributed by atoms with Gasteiger partial charge in [-0.15, -0.1) is 0 Å². The molecule has 5 nitrogen and oxygen atoms in total. The molecule has 0 atom stereocenters. The molecule has 0 saturated heterocycles. The molecule has 1 aromatic heterocycles. The summed E-state index contributed by atoms with van der Waals surface area (Å²) in [4.78, 5) is 4.65. The van der Waals surface area contributed by atoms with Gasteiger partial charge < -0.3 is 4.74 Å². The number of benzene rings is 3. The topological polar surface area (TPSA) is 68.3 Å². The molecule has 4 rings (SSSR count). The van der Waals surface area contributed by atoms with Crippen molar-refractivity contribution in [3.8, 4) is 11.6 Å². The SMILES string of the molecule is Cc1cc(Oc2ccc(NS(=O)(=O)c3ccc(Cl)cc3)cc2)nc2ccccc12. The number of aromatic nitrogens is 1. The van der Waals surface area contributed by atoms with Crippen molar-refractivity contribution < 1.29 is 13.2 Å². The van der Waals surface area contributed by atoms with E-state index in [1.54, 1.807) is 24.3 Å². The average Bonchev–Trinajstić information content (AvgIpc) is 2.70. The Morgan fingerprint density at radius 2 is 1.62 bits per heavy atom. The summed E-state index contributed by atoms with van der Waals surface area (Å²) in [7, 11) is -3.69. The molecule has 0 saturated carbocycles. The first-order valence-corrected chi connectivity index (χ1v) is 10.7. The van der Waals surface area contributed by atoms with Crippen LogP contribution in [0.3, 0.4) is 0 Å². The van der Waals surface area contributed by atoms with Crippen LogP contribution in [0, 0.1) is 6.92 Å². The lowest BCUT2D eigenvalue weighted by atomic mass is 10.1. The molecule has 3 aromatic carbocycles. The minimum Gasteiger partial charge on any atom is -0.439 e. The molecule has 0 bridgehead atoms. The van der Waals surface area contributed by atoms with Crippen LogP contribution in [0.5, 0.6) is 11.6 Å². The highest BCUT2D eigenvalue weighted by molar-refractivity contribution is 7.92. The number of hydrogen-bond donors (Lipinski definition) is 1. The van der Waals surface area contributed by atoms with Gasteiger partial charge in [0.15, 0.2) is 0 Å². The van der Waals surface area contributed by atoms with Crippen LogP contribution >= 0.6 is 11.6 Å². The van der Waals surface area contributed by atoms with Gasteiger partial charge in [0.05, 0.1) is 10.4 Å². The van der Waals surface area contributed by atoms with Crippen molar-refractivity contribution in [2.75, 3.05) is 4.72 Å². The van der Waals surface area contributed by atoms with Crippen molar-refractivity contribution in [1.82, 2.24) is 4.98 Å². The summed E-state index contributed by atoms with van der Waals surface area (Å²) in [5.74, 6) is 1.04. The summed E-state index contributed by atoms with van der Waals surface area (Å²) in [6.45, 7) is 2.01. The Bertz CT molecular complexity index is 1270. The van der Waals surface area contributed by atoms with E-state index < -0.39 is 10.0 Å². The van der Waals surface area contributed by atoms with E-state index in [1.165, 1.54) is 24.3 Å². The molecule has 0 amide bonds. The zero-order valence-corrected chi connectivity index (χ0v) is 17.0. The van der Waals surface area contributed by atoms with E-state index in [9.17, 15) is 8.42 Å². The molecule has 1 N–H and O–H groups in total. The molecule has 7 heteroatoms. The Kier molecular flexibility index (Phi) is 5.13. The first-order chi connectivity index (χ1) is 13.9. The third kappa shape index (κ3) is 4.34. The molecule has 4 aromatic rings. The predicted molar refractivity (Wildman–Crippen MR) is 115 cm³/mol. The second kappa shape index (κ2) is 7.73. The fourth-order valence-corrected chi connectivity index (χ4v) is 4.10. The highest BCUT2D eigenvalue weighted by Crippen LogP contribution is 2.27. The van der Waals surface area contributed by atoms with Crippen molar-refractivity contribution in [1.29, 1.82) is 0 Å². The highest BCUT2D eigenvalue weighted by Gasteiger charge is 2.14. The van der Waals surface area contributed by atoms with Gasteiger partial charge in [0.1, 0.15) is 5.75 Å². The quantitative estimate of drug-likeness (QED) is 0.440. The molecule has 0 aliphatic rings. The Morgan fingerprint density at radius 3 is 2.34 bits per heavy atom. The Hall–Kier alpha value is -3.09.